The van der Waals surface area contributed by atoms with Gasteiger partial charge in [0.25, 0.3) is 11.8 Å². The Morgan fingerprint density at radius 2 is 1.91 bits per heavy atom. The molecule has 1 aliphatic rings. The van der Waals surface area contributed by atoms with Crippen LogP contribution in [0.5, 0.6) is 11.5 Å². The molecule has 5 rings (SSSR count). The lowest BCUT2D eigenvalue weighted by Crippen LogP contribution is -2.28. The number of amidine groups is 1. The number of nitrogens with two attached hydrogens (primary N) is 1. The Morgan fingerprint density at radius 3 is 2.63 bits per heavy atom. The molecule has 0 unspecified atom stereocenters. The molecular weight excluding hydrogens is 722 g/mol. The second-order valence-corrected chi connectivity index (χ2v) is 13.4. The zero-order chi connectivity index (χ0) is 32.8. The number of nitrogens with zero attached hydrogens (tertiary/aromatic N) is 3. The van der Waals surface area contributed by atoms with Crippen molar-refractivity contribution in [3.05, 3.63) is 110 Å². The van der Waals surface area contributed by atoms with Crippen LogP contribution in [0.2, 0.25) is 5.02 Å². The molecule has 0 aliphatic carbocycles. The van der Waals surface area contributed by atoms with Crippen LogP contribution >= 0.6 is 39.3 Å². The fourth-order valence-corrected chi connectivity index (χ4v) is 6.02. The number of aromatic hydroxyl groups is 1. The molecule has 3 aromatic carbocycles. The molecule has 2 amide bonds. The minimum atomic E-state index is -3.87. The van der Waals surface area contributed by atoms with Gasteiger partial charge in [-0.05, 0) is 90.6 Å². The Hall–Kier alpha value is -4.41. The minimum absolute atomic E-state index is 0.0115. The van der Waals surface area contributed by atoms with Gasteiger partial charge in [-0.1, -0.05) is 27.5 Å². The lowest BCUT2D eigenvalue weighted by Gasteiger charge is -2.13. The van der Waals surface area contributed by atoms with Crippen molar-refractivity contribution in [1.29, 1.82) is 0 Å². The number of hydrogen-bond acceptors (Lipinski definition) is 10. The van der Waals surface area contributed by atoms with Gasteiger partial charge >= 0.3 is 0 Å². The summed E-state index contributed by atoms with van der Waals surface area (Å²) in [6.45, 7) is -0.311. The van der Waals surface area contributed by atoms with E-state index in [1.165, 1.54) is 47.7 Å². The van der Waals surface area contributed by atoms with Crippen molar-refractivity contribution in [3.8, 4) is 11.5 Å². The molecule has 46 heavy (non-hydrogen) atoms. The maximum absolute atomic E-state index is 13.6. The summed E-state index contributed by atoms with van der Waals surface area (Å²) in [4.78, 5) is 27.7. The number of halogens is 2. The normalized spacial score (nSPS) is 15.3. The Bertz CT molecular complexity index is 1980. The van der Waals surface area contributed by atoms with Gasteiger partial charge in [-0.3, -0.25) is 14.5 Å². The molecule has 12 nitrogen and oxygen atoms in total. The number of ether oxygens (including phenoxy) is 1. The van der Waals surface area contributed by atoms with E-state index in [0.717, 1.165) is 16.2 Å². The maximum atomic E-state index is 13.6. The van der Waals surface area contributed by atoms with Crippen molar-refractivity contribution in [3.63, 3.8) is 0 Å². The van der Waals surface area contributed by atoms with Gasteiger partial charge in [-0.15, -0.1) is 5.10 Å². The summed E-state index contributed by atoms with van der Waals surface area (Å²) in [6.07, 6.45) is 4.43. The van der Waals surface area contributed by atoms with Crippen LogP contribution in [0.4, 0.5) is 5.69 Å². The van der Waals surface area contributed by atoms with Crippen LogP contribution in [0.1, 0.15) is 16.9 Å². The first-order valence-electron chi connectivity index (χ1n) is 13.1. The quantitative estimate of drug-likeness (QED) is 0.107. The molecule has 16 heteroatoms. The molecule has 1 fully saturated rings. The summed E-state index contributed by atoms with van der Waals surface area (Å²) >= 11 is 10.7. The topological polar surface area (TPSA) is 177 Å². The number of phenolic OH excluding ortho intramolecular Hbond substituents is 1. The van der Waals surface area contributed by atoms with E-state index in [1.54, 1.807) is 48.5 Å². The van der Waals surface area contributed by atoms with Crippen molar-refractivity contribution >= 4 is 84.3 Å². The van der Waals surface area contributed by atoms with Gasteiger partial charge in [0, 0.05) is 26.3 Å². The largest absolute Gasteiger partial charge is 0.507 e. The molecule has 1 aliphatic heterocycles. The molecule has 0 radical (unpaired) electrons. The minimum Gasteiger partial charge on any atom is -0.507 e. The average molecular weight is 745 g/mol. The van der Waals surface area contributed by atoms with E-state index < -0.39 is 22.5 Å². The summed E-state index contributed by atoms with van der Waals surface area (Å²) < 4.78 is 34.9. The van der Waals surface area contributed by atoms with Crippen LogP contribution in [0.3, 0.4) is 0 Å². The summed E-state index contributed by atoms with van der Waals surface area (Å²) in [7, 11) is -3.87. The number of carbonyl (C=O) groups excluding carboxylic acids is 2. The monoisotopic (exact) mass is 743 g/mol. The molecule has 1 aromatic heterocycles. The standard InChI is InChI=1S/C30H23BrClN5O7S2/c31-20-3-9-25(38)19(12-20)15-34-36-30-37(16-23-2-1-11-43-23)29(40)27(45-30)14-18-13-21(32)4-10-26(18)44-17-28(39)35-22-5-7-24(8-6-22)46(33,41)42/h1-15,38H,16-17H2,(H,35,39)(H2,33,41,42)/b27-14-,34-15+,36-30-. The highest BCUT2D eigenvalue weighted by Gasteiger charge is 2.34. The molecular formula is C30H23BrClN5O7S2. The van der Waals surface area contributed by atoms with Gasteiger partial charge < -0.3 is 19.6 Å². The number of primary sulfonamides is 1. The van der Waals surface area contributed by atoms with E-state index in [1.807, 2.05) is 0 Å². The average Bonchev–Trinajstić information content (AvgIpc) is 3.63. The summed E-state index contributed by atoms with van der Waals surface area (Å²) in [5.74, 6) is -0.0916. The number of sulfonamides is 1. The number of phenols is 1. The zero-order valence-corrected chi connectivity index (χ0v) is 27.4. The van der Waals surface area contributed by atoms with Crippen LogP contribution in [0.15, 0.2) is 108 Å². The molecule has 0 spiro atoms. The third-order valence-corrected chi connectivity index (χ3v) is 8.85. The predicted molar refractivity (Wildman–Crippen MR) is 179 cm³/mol. The van der Waals surface area contributed by atoms with Crippen molar-refractivity contribution in [1.82, 2.24) is 4.90 Å². The third-order valence-electron chi connectivity index (χ3n) is 6.20. The number of furan rings is 1. The van der Waals surface area contributed by atoms with Gasteiger partial charge in [-0.25, -0.2) is 13.6 Å². The number of rotatable bonds is 10. The SMILES string of the molecule is NS(=O)(=O)c1ccc(NC(=O)COc2ccc(Cl)cc2/C=C2\S/C(=N\N=C\c3cc(Br)ccc3O)N(Cc3ccco3)C2=O)cc1. The van der Waals surface area contributed by atoms with Gasteiger partial charge in [0.05, 0.1) is 28.8 Å². The third kappa shape index (κ3) is 8.44. The highest BCUT2D eigenvalue weighted by atomic mass is 79.9. The zero-order valence-electron chi connectivity index (χ0n) is 23.5. The lowest BCUT2D eigenvalue weighted by atomic mass is 10.2. The van der Waals surface area contributed by atoms with E-state index >= 15 is 0 Å². The number of carbonyl (C=O) groups is 2. The Kier molecular flexibility index (Phi) is 10.3. The number of amides is 2. The Labute approximate surface area is 280 Å². The number of benzene rings is 3. The Morgan fingerprint density at radius 1 is 1.13 bits per heavy atom. The van der Waals surface area contributed by atoms with Crippen LogP contribution < -0.4 is 15.2 Å². The van der Waals surface area contributed by atoms with Crippen LogP contribution in [0, 0.1) is 0 Å². The van der Waals surface area contributed by atoms with Crippen molar-refractivity contribution in [2.24, 2.45) is 15.3 Å². The molecule has 236 valence electrons. The fourth-order valence-electron chi connectivity index (χ4n) is 4.02. The van der Waals surface area contributed by atoms with E-state index in [0.29, 0.717) is 27.6 Å². The molecule has 0 bridgehead atoms. The molecule has 0 saturated carbocycles. The van der Waals surface area contributed by atoms with Crippen LogP contribution in [0.25, 0.3) is 6.08 Å². The molecule has 1 saturated heterocycles. The second-order valence-electron chi connectivity index (χ2n) is 9.50. The first-order valence-corrected chi connectivity index (χ1v) is 16.7. The highest BCUT2D eigenvalue weighted by molar-refractivity contribution is 9.10. The second kappa shape index (κ2) is 14.3. The van der Waals surface area contributed by atoms with Crippen LogP contribution in [-0.4, -0.2) is 48.2 Å². The van der Waals surface area contributed by atoms with E-state index in [2.05, 4.69) is 31.4 Å². The maximum Gasteiger partial charge on any atom is 0.267 e. The lowest BCUT2D eigenvalue weighted by molar-refractivity contribution is -0.122. The number of nitrogens with one attached hydrogen (secondary N) is 1. The first-order chi connectivity index (χ1) is 22.0. The summed E-state index contributed by atoms with van der Waals surface area (Å²) in [6, 6.07) is 18.4. The van der Waals surface area contributed by atoms with Gasteiger partial charge in [0.2, 0.25) is 10.0 Å². The van der Waals surface area contributed by atoms with E-state index in [-0.39, 0.29) is 38.9 Å². The first kappa shape index (κ1) is 33.0. The predicted octanol–water partition coefficient (Wildman–Crippen LogP) is 5.57. The van der Waals surface area contributed by atoms with Crippen molar-refractivity contribution in [2.45, 2.75) is 11.4 Å². The number of thioether (sulfide) groups is 1. The number of anilines is 1. The molecule has 0 atom stereocenters. The molecule has 4 N–H and O–H groups in total. The highest BCUT2D eigenvalue weighted by Crippen LogP contribution is 2.36. The van der Waals surface area contributed by atoms with Gasteiger partial charge in [0.15, 0.2) is 11.8 Å². The Balaban J connectivity index is 1.35. The van der Waals surface area contributed by atoms with Gasteiger partial charge in [0.1, 0.15) is 17.3 Å². The van der Waals surface area contributed by atoms with Crippen molar-refractivity contribution < 1.29 is 32.3 Å². The smallest absolute Gasteiger partial charge is 0.267 e. The van der Waals surface area contributed by atoms with E-state index in [4.69, 9.17) is 25.9 Å². The fraction of sp³-hybridized carbons (Fsp3) is 0.0667. The van der Waals surface area contributed by atoms with Gasteiger partial charge in [-0.2, -0.15) is 5.10 Å². The van der Waals surface area contributed by atoms with Crippen molar-refractivity contribution in [2.75, 3.05) is 11.9 Å². The molecule has 4 aromatic rings. The molecule has 2 heterocycles. The van der Waals surface area contributed by atoms with Crippen LogP contribution in [-0.2, 0) is 26.2 Å². The van der Waals surface area contributed by atoms with E-state index in [9.17, 15) is 23.1 Å². The number of hydrogen-bond donors (Lipinski definition) is 3. The summed E-state index contributed by atoms with van der Waals surface area (Å²) in [5, 5.41) is 26.8. The summed E-state index contributed by atoms with van der Waals surface area (Å²) in [5.41, 5.74) is 1.19.